The van der Waals surface area contributed by atoms with Gasteiger partial charge in [-0.05, 0) is 26.1 Å². The molecule has 2 rings (SSSR count). The third kappa shape index (κ3) is 4.04. The molecule has 1 heterocycles. The zero-order valence-corrected chi connectivity index (χ0v) is 12.8. The van der Waals surface area contributed by atoms with Crippen LogP contribution in [0, 0.1) is 0 Å². The standard InChI is InChI=1S/C16H23N3O2/c1-3-19(14-7-5-4-6-8-14)16(21)13-15(20)18-11-9-17(2)10-12-18/h4-8H,3,9-13H2,1-2H3. The number of hydrogen-bond donors (Lipinski definition) is 0. The van der Waals surface area contributed by atoms with E-state index in [-0.39, 0.29) is 18.2 Å². The Hall–Kier alpha value is -1.88. The fourth-order valence-corrected chi connectivity index (χ4v) is 2.50. The molecule has 0 aliphatic carbocycles. The topological polar surface area (TPSA) is 43.9 Å². The van der Waals surface area contributed by atoms with Crippen molar-refractivity contribution in [1.29, 1.82) is 0 Å². The van der Waals surface area contributed by atoms with E-state index in [9.17, 15) is 9.59 Å². The smallest absolute Gasteiger partial charge is 0.236 e. The summed E-state index contributed by atoms with van der Waals surface area (Å²) in [5.41, 5.74) is 0.844. The lowest BCUT2D eigenvalue weighted by Crippen LogP contribution is -2.48. The van der Waals surface area contributed by atoms with Gasteiger partial charge in [-0.25, -0.2) is 0 Å². The van der Waals surface area contributed by atoms with E-state index < -0.39 is 0 Å². The van der Waals surface area contributed by atoms with E-state index in [1.54, 1.807) is 9.80 Å². The largest absolute Gasteiger partial charge is 0.340 e. The van der Waals surface area contributed by atoms with Crippen LogP contribution in [0.5, 0.6) is 0 Å². The van der Waals surface area contributed by atoms with Crippen LogP contribution in [0.4, 0.5) is 5.69 Å². The van der Waals surface area contributed by atoms with Gasteiger partial charge in [-0.1, -0.05) is 18.2 Å². The lowest BCUT2D eigenvalue weighted by atomic mass is 10.2. The number of nitrogens with zero attached hydrogens (tertiary/aromatic N) is 3. The van der Waals surface area contributed by atoms with E-state index in [0.29, 0.717) is 19.6 Å². The van der Waals surface area contributed by atoms with Crippen LogP contribution in [0.25, 0.3) is 0 Å². The number of carbonyl (C=O) groups excluding carboxylic acids is 2. The lowest BCUT2D eigenvalue weighted by Gasteiger charge is -2.32. The number of piperazine rings is 1. The van der Waals surface area contributed by atoms with E-state index in [1.807, 2.05) is 44.3 Å². The molecule has 0 saturated carbocycles. The van der Waals surface area contributed by atoms with Gasteiger partial charge in [0.15, 0.2) is 0 Å². The first kappa shape index (κ1) is 15.5. The van der Waals surface area contributed by atoms with E-state index in [4.69, 9.17) is 0 Å². The molecular formula is C16H23N3O2. The Morgan fingerprint density at radius 1 is 1.10 bits per heavy atom. The first-order valence-corrected chi connectivity index (χ1v) is 7.43. The Morgan fingerprint density at radius 2 is 1.71 bits per heavy atom. The molecule has 1 aromatic rings. The molecule has 0 spiro atoms. The number of benzene rings is 1. The average Bonchev–Trinajstić information content (AvgIpc) is 2.49. The van der Waals surface area contributed by atoms with Crippen LogP contribution >= 0.6 is 0 Å². The molecule has 0 unspecified atom stereocenters. The number of anilines is 1. The summed E-state index contributed by atoms with van der Waals surface area (Å²) in [4.78, 5) is 30.2. The Labute approximate surface area is 126 Å². The molecule has 1 aliphatic heterocycles. The van der Waals surface area contributed by atoms with Gasteiger partial charge in [-0.2, -0.15) is 0 Å². The molecule has 1 saturated heterocycles. The summed E-state index contributed by atoms with van der Waals surface area (Å²) in [7, 11) is 2.04. The second-order valence-electron chi connectivity index (χ2n) is 5.33. The van der Waals surface area contributed by atoms with Gasteiger partial charge in [-0.3, -0.25) is 9.59 Å². The molecule has 0 radical (unpaired) electrons. The molecule has 1 aromatic carbocycles. The Kier molecular flexibility index (Phi) is 5.33. The minimum absolute atomic E-state index is 0.0492. The maximum Gasteiger partial charge on any atom is 0.236 e. The van der Waals surface area contributed by atoms with Gasteiger partial charge in [-0.15, -0.1) is 0 Å². The Balaban J connectivity index is 1.95. The highest BCUT2D eigenvalue weighted by Crippen LogP contribution is 2.14. The molecule has 1 aliphatic rings. The molecule has 114 valence electrons. The van der Waals surface area contributed by atoms with Crippen LogP contribution in [0.3, 0.4) is 0 Å². The quantitative estimate of drug-likeness (QED) is 0.783. The van der Waals surface area contributed by atoms with Gasteiger partial charge in [0.2, 0.25) is 11.8 Å². The van der Waals surface area contributed by atoms with Crippen molar-refractivity contribution in [3.8, 4) is 0 Å². The number of amides is 2. The van der Waals surface area contributed by atoms with E-state index >= 15 is 0 Å². The van der Waals surface area contributed by atoms with Crippen molar-refractivity contribution in [2.24, 2.45) is 0 Å². The Bertz CT molecular complexity index is 482. The molecule has 21 heavy (non-hydrogen) atoms. The number of rotatable bonds is 4. The van der Waals surface area contributed by atoms with Gasteiger partial charge in [0.25, 0.3) is 0 Å². The predicted molar refractivity (Wildman–Crippen MR) is 83.2 cm³/mol. The van der Waals surface area contributed by atoms with Crippen molar-refractivity contribution in [2.75, 3.05) is 44.7 Å². The van der Waals surface area contributed by atoms with Crippen LogP contribution < -0.4 is 4.90 Å². The summed E-state index contributed by atoms with van der Waals surface area (Å²) in [5.74, 6) is -0.199. The normalized spacial score (nSPS) is 15.8. The maximum absolute atomic E-state index is 12.4. The molecular weight excluding hydrogens is 266 g/mol. The van der Waals surface area contributed by atoms with Gasteiger partial charge in [0.05, 0.1) is 0 Å². The highest BCUT2D eigenvalue weighted by atomic mass is 16.2. The molecule has 5 heteroatoms. The summed E-state index contributed by atoms with van der Waals surface area (Å²) in [6, 6.07) is 9.49. The molecule has 0 bridgehead atoms. The molecule has 2 amide bonds. The molecule has 0 atom stereocenters. The fourth-order valence-electron chi connectivity index (χ4n) is 2.50. The van der Waals surface area contributed by atoms with Crippen LogP contribution in [0.1, 0.15) is 13.3 Å². The van der Waals surface area contributed by atoms with Crippen LogP contribution in [0.15, 0.2) is 30.3 Å². The van der Waals surface area contributed by atoms with Gasteiger partial charge >= 0.3 is 0 Å². The van der Waals surface area contributed by atoms with Gasteiger partial charge < -0.3 is 14.7 Å². The van der Waals surface area contributed by atoms with Crippen LogP contribution in [-0.2, 0) is 9.59 Å². The van der Waals surface area contributed by atoms with E-state index in [0.717, 1.165) is 18.8 Å². The lowest BCUT2D eigenvalue weighted by molar-refractivity contribution is -0.136. The summed E-state index contributed by atoms with van der Waals surface area (Å²) in [6.07, 6.45) is -0.0492. The number of carbonyl (C=O) groups is 2. The Morgan fingerprint density at radius 3 is 2.29 bits per heavy atom. The third-order valence-electron chi connectivity index (χ3n) is 3.84. The van der Waals surface area contributed by atoms with Gasteiger partial charge in [0, 0.05) is 38.4 Å². The summed E-state index contributed by atoms with van der Waals surface area (Å²) < 4.78 is 0. The second-order valence-corrected chi connectivity index (χ2v) is 5.33. The maximum atomic E-state index is 12.4. The monoisotopic (exact) mass is 289 g/mol. The highest BCUT2D eigenvalue weighted by molar-refractivity contribution is 6.04. The van der Waals surface area contributed by atoms with Crippen molar-refractivity contribution in [3.63, 3.8) is 0 Å². The molecule has 0 N–H and O–H groups in total. The first-order chi connectivity index (χ1) is 10.1. The number of likely N-dealkylation sites (N-methyl/N-ethyl adjacent to an activating group) is 1. The second kappa shape index (κ2) is 7.22. The first-order valence-electron chi connectivity index (χ1n) is 7.43. The number of para-hydroxylation sites is 1. The number of hydrogen-bond acceptors (Lipinski definition) is 3. The third-order valence-corrected chi connectivity index (χ3v) is 3.84. The van der Waals surface area contributed by atoms with Crippen molar-refractivity contribution >= 4 is 17.5 Å². The van der Waals surface area contributed by atoms with Crippen molar-refractivity contribution in [1.82, 2.24) is 9.80 Å². The summed E-state index contributed by atoms with van der Waals surface area (Å²) in [5, 5.41) is 0. The SMILES string of the molecule is CCN(C(=O)CC(=O)N1CCN(C)CC1)c1ccccc1. The zero-order chi connectivity index (χ0) is 15.2. The minimum Gasteiger partial charge on any atom is -0.340 e. The average molecular weight is 289 g/mol. The molecule has 0 aromatic heterocycles. The van der Waals surface area contributed by atoms with Crippen molar-refractivity contribution in [3.05, 3.63) is 30.3 Å². The van der Waals surface area contributed by atoms with E-state index in [1.165, 1.54) is 0 Å². The van der Waals surface area contributed by atoms with Crippen LogP contribution in [0.2, 0.25) is 0 Å². The summed E-state index contributed by atoms with van der Waals surface area (Å²) in [6.45, 7) is 5.65. The zero-order valence-electron chi connectivity index (χ0n) is 12.8. The fraction of sp³-hybridized carbons (Fsp3) is 0.500. The van der Waals surface area contributed by atoms with Gasteiger partial charge in [0.1, 0.15) is 6.42 Å². The molecule has 5 nitrogen and oxygen atoms in total. The summed E-state index contributed by atoms with van der Waals surface area (Å²) >= 11 is 0. The highest BCUT2D eigenvalue weighted by Gasteiger charge is 2.23. The van der Waals surface area contributed by atoms with E-state index in [2.05, 4.69) is 4.90 Å². The van der Waals surface area contributed by atoms with Crippen molar-refractivity contribution in [2.45, 2.75) is 13.3 Å². The predicted octanol–water partition coefficient (Wildman–Crippen LogP) is 1.20. The minimum atomic E-state index is -0.132. The van der Waals surface area contributed by atoms with Crippen LogP contribution in [-0.4, -0.2) is 61.4 Å². The molecule has 1 fully saturated rings. The van der Waals surface area contributed by atoms with Crippen molar-refractivity contribution < 1.29 is 9.59 Å².